The van der Waals surface area contributed by atoms with Crippen LogP contribution in [-0.2, 0) is 21.3 Å². The van der Waals surface area contributed by atoms with E-state index in [1.807, 2.05) is 11.6 Å². The first-order valence-electron chi connectivity index (χ1n) is 10.4. The number of amides is 2. The maximum atomic E-state index is 12.3. The van der Waals surface area contributed by atoms with Crippen molar-refractivity contribution in [1.29, 1.82) is 0 Å². The van der Waals surface area contributed by atoms with Crippen molar-refractivity contribution < 1.29 is 33.0 Å². The number of aryl methyl sites for hydroxylation is 1. The van der Waals surface area contributed by atoms with E-state index in [0.717, 1.165) is 5.56 Å². The van der Waals surface area contributed by atoms with Crippen molar-refractivity contribution in [2.24, 2.45) is 0 Å². The van der Waals surface area contributed by atoms with Gasteiger partial charge in [-0.2, -0.15) is 0 Å². The smallest absolute Gasteiger partial charge is 0.338 e. The molecule has 180 valence electrons. The fraction of sp³-hybridized carbons (Fsp3) is 0.217. The summed E-state index contributed by atoms with van der Waals surface area (Å²) in [6.45, 7) is 2.35. The maximum Gasteiger partial charge on any atom is 0.338 e. The number of urea groups is 1. The zero-order valence-corrected chi connectivity index (χ0v) is 19.2. The first-order chi connectivity index (χ1) is 16.2. The molecule has 2 amide bonds. The third-order valence-electron chi connectivity index (χ3n) is 4.88. The lowest BCUT2D eigenvalue weighted by molar-refractivity contribution is 0.0496. The molecule has 0 bridgehead atoms. The Bertz CT molecular complexity index is 1230. The van der Waals surface area contributed by atoms with Gasteiger partial charge in [-0.25, -0.2) is 22.7 Å². The van der Waals surface area contributed by atoms with Crippen molar-refractivity contribution in [3.8, 4) is 11.8 Å². The molecule has 0 spiro atoms. The highest BCUT2D eigenvalue weighted by Crippen LogP contribution is 2.21. The second kappa shape index (κ2) is 10.8. The summed E-state index contributed by atoms with van der Waals surface area (Å²) in [6, 6.07) is 13.7. The second-order valence-electron chi connectivity index (χ2n) is 7.49. The molecular formula is C23H25N3O7S. The van der Waals surface area contributed by atoms with Gasteiger partial charge in [0.2, 0.25) is 0 Å². The number of carbonyl (C=O) groups is 2. The van der Waals surface area contributed by atoms with Crippen LogP contribution in [0.1, 0.15) is 28.8 Å². The molecule has 0 aliphatic carbocycles. The van der Waals surface area contributed by atoms with Crippen LogP contribution in [-0.4, -0.2) is 41.8 Å². The molecule has 0 atom stereocenters. The Hall–Kier alpha value is -3.99. The molecule has 0 aliphatic heterocycles. The summed E-state index contributed by atoms with van der Waals surface area (Å²) in [5.41, 5.74) is 1.44. The van der Waals surface area contributed by atoms with E-state index >= 15 is 0 Å². The average molecular weight is 488 g/mol. The number of unbranched alkanes of at least 4 members (excludes halogenated alkanes) is 1. The Morgan fingerprint density at radius 3 is 2.15 bits per heavy atom. The number of nitrogens with zero attached hydrogens (tertiary/aromatic N) is 1. The Labute approximate surface area is 196 Å². The van der Waals surface area contributed by atoms with E-state index in [1.165, 1.54) is 53.1 Å². The summed E-state index contributed by atoms with van der Waals surface area (Å²) >= 11 is 0. The lowest BCUT2D eigenvalue weighted by Gasteiger charge is -2.10. The van der Waals surface area contributed by atoms with E-state index in [9.17, 15) is 28.2 Å². The second-order valence-corrected chi connectivity index (χ2v) is 9.18. The average Bonchev–Trinajstić information content (AvgIpc) is 3.11. The van der Waals surface area contributed by atoms with Gasteiger partial charge < -0.3 is 20.3 Å². The van der Waals surface area contributed by atoms with Gasteiger partial charge in [0.25, 0.3) is 10.0 Å². The third kappa shape index (κ3) is 6.51. The van der Waals surface area contributed by atoms with Gasteiger partial charge in [-0.3, -0.25) is 4.57 Å². The predicted molar refractivity (Wildman–Crippen MR) is 124 cm³/mol. The summed E-state index contributed by atoms with van der Waals surface area (Å²) in [6.07, 6.45) is 1.10. The molecule has 0 aliphatic rings. The quantitative estimate of drug-likeness (QED) is 0.267. The van der Waals surface area contributed by atoms with Crippen LogP contribution in [0.4, 0.5) is 10.5 Å². The topological polar surface area (TPSA) is 147 Å². The summed E-state index contributed by atoms with van der Waals surface area (Å²) in [4.78, 5) is 24.2. The number of aromatic hydroxyl groups is 2. The number of sulfonamides is 1. The van der Waals surface area contributed by atoms with Crippen LogP contribution in [0.15, 0.2) is 65.6 Å². The van der Waals surface area contributed by atoms with Gasteiger partial charge >= 0.3 is 12.0 Å². The van der Waals surface area contributed by atoms with Gasteiger partial charge in [0, 0.05) is 24.4 Å². The molecular weight excluding hydrogens is 462 g/mol. The molecule has 4 N–H and O–H groups in total. The van der Waals surface area contributed by atoms with Crippen LogP contribution >= 0.6 is 0 Å². The molecule has 0 saturated heterocycles. The van der Waals surface area contributed by atoms with Crippen LogP contribution in [0.3, 0.4) is 0 Å². The lowest BCUT2D eigenvalue weighted by atomic mass is 10.2. The number of esters is 1. The number of ether oxygens (including phenoxy) is 1. The zero-order chi connectivity index (χ0) is 24.7. The fourth-order valence-corrected chi connectivity index (χ4v) is 3.95. The van der Waals surface area contributed by atoms with Gasteiger partial charge in [-0.15, -0.1) is 0 Å². The minimum atomic E-state index is -4.02. The van der Waals surface area contributed by atoms with Crippen molar-refractivity contribution >= 4 is 27.7 Å². The number of nitrogens with one attached hydrogen (secondary N) is 2. The van der Waals surface area contributed by atoms with Gasteiger partial charge in [0.15, 0.2) is 11.8 Å². The van der Waals surface area contributed by atoms with Crippen molar-refractivity contribution in [2.75, 3.05) is 11.9 Å². The SMILES string of the molecule is Cc1ccc(S(=O)(=O)NC(=O)Nc2ccc(C(=O)OCCCCn3c(O)ccc3O)cc2)cc1. The molecule has 3 aromatic rings. The van der Waals surface area contributed by atoms with E-state index in [-0.39, 0.29) is 28.8 Å². The summed E-state index contributed by atoms with van der Waals surface area (Å²) in [7, 11) is -4.02. The van der Waals surface area contributed by atoms with Crippen molar-refractivity contribution in [1.82, 2.24) is 9.29 Å². The monoisotopic (exact) mass is 487 g/mol. The number of anilines is 1. The Morgan fingerprint density at radius 1 is 0.912 bits per heavy atom. The Kier molecular flexibility index (Phi) is 7.79. The van der Waals surface area contributed by atoms with Crippen molar-refractivity contribution in [2.45, 2.75) is 31.2 Å². The Morgan fingerprint density at radius 2 is 1.53 bits per heavy atom. The normalized spacial score (nSPS) is 11.1. The van der Waals surface area contributed by atoms with E-state index in [0.29, 0.717) is 25.1 Å². The summed E-state index contributed by atoms with van der Waals surface area (Å²) < 4.78 is 33.0. The summed E-state index contributed by atoms with van der Waals surface area (Å²) in [5, 5.41) is 21.6. The molecule has 34 heavy (non-hydrogen) atoms. The first-order valence-corrected chi connectivity index (χ1v) is 11.9. The fourth-order valence-electron chi connectivity index (χ4n) is 3.04. The summed E-state index contributed by atoms with van der Waals surface area (Å²) in [5.74, 6) is -0.626. The molecule has 0 fully saturated rings. The van der Waals surface area contributed by atoms with Crippen LogP contribution in [0, 0.1) is 6.92 Å². The zero-order valence-electron chi connectivity index (χ0n) is 18.4. The van der Waals surface area contributed by atoms with Gasteiger partial charge in [0.1, 0.15) is 0 Å². The minimum absolute atomic E-state index is 0.0340. The molecule has 10 nitrogen and oxygen atoms in total. The molecule has 2 aromatic carbocycles. The van der Waals surface area contributed by atoms with E-state index in [1.54, 1.807) is 12.1 Å². The number of aromatic nitrogens is 1. The molecule has 1 heterocycles. The number of carbonyl (C=O) groups excluding carboxylic acids is 2. The van der Waals surface area contributed by atoms with Gasteiger partial charge in [-0.1, -0.05) is 17.7 Å². The molecule has 0 saturated carbocycles. The van der Waals surface area contributed by atoms with Crippen molar-refractivity contribution in [3.05, 3.63) is 71.8 Å². The minimum Gasteiger partial charge on any atom is -0.494 e. The van der Waals surface area contributed by atoms with Crippen LogP contribution in [0.5, 0.6) is 11.8 Å². The standard InChI is InChI=1S/C23H25N3O7S/c1-16-4-10-19(11-5-16)34(31,32)25-23(30)24-18-8-6-17(7-9-18)22(29)33-15-3-2-14-26-20(27)12-13-21(26)28/h4-13,27-28H,2-3,14-15H2,1H3,(H2,24,25,30). The predicted octanol–water partition coefficient (Wildman–Crippen LogP) is 3.36. The third-order valence-corrected chi connectivity index (χ3v) is 6.23. The van der Waals surface area contributed by atoms with Crippen LogP contribution < -0.4 is 10.0 Å². The molecule has 0 radical (unpaired) electrons. The van der Waals surface area contributed by atoms with Crippen LogP contribution in [0.25, 0.3) is 0 Å². The number of rotatable bonds is 9. The maximum absolute atomic E-state index is 12.3. The highest BCUT2D eigenvalue weighted by molar-refractivity contribution is 7.90. The number of benzene rings is 2. The Balaban J connectivity index is 1.44. The lowest BCUT2D eigenvalue weighted by Crippen LogP contribution is -2.34. The molecule has 3 rings (SSSR count). The highest BCUT2D eigenvalue weighted by Gasteiger charge is 2.17. The largest absolute Gasteiger partial charge is 0.494 e. The number of hydrogen-bond acceptors (Lipinski definition) is 7. The van der Waals surface area contributed by atoms with Gasteiger partial charge in [-0.05, 0) is 56.2 Å². The van der Waals surface area contributed by atoms with Crippen LogP contribution in [0.2, 0.25) is 0 Å². The van der Waals surface area contributed by atoms with Crippen molar-refractivity contribution in [3.63, 3.8) is 0 Å². The van der Waals surface area contributed by atoms with E-state index in [2.05, 4.69) is 5.32 Å². The molecule has 0 unspecified atom stereocenters. The highest BCUT2D eigenvalue weighted by atomic mass is 32.2. The van der Waals surface area contributed by atoms with E-state index in [4.69, 9.17) is 4.74 Å². The van der Waals surface area contributed by atoms with Gasteiger partial charge in [0.05, 0.1) is 17.1 Å². The molecule has 11 heteroatoms. The number of hydrogen-bond donors (Lipinski definition) is 4. The van der Waals surface area contributed by atoms with E-state index < -0.39 is 22.0 Å². The first kappa shape index (κ1) is 24.6. The molecule has 1 aromatic heterocycles.